The second kappa shape index (κ2) is 9.22. The highest BCUT2D eigenvalue weighted by molar-refractivity contribution is 7.13. The lowest BCUT2D eigenvalue weighted by Crippen LogP contribution is -2.17. The Morgan fingerprint density at radius 3 is 2.54 bits per heavy atom. The van der Waals surface area contributed by atoms with Crippen LogP contribution in [0.3, 0.4) is 0 Å². The van der Waals surface area contributed by atoms with E-state index in [1.807, 2.05) is 48.7 Å². The van der Waals surface area contributed by atoms with E-state index in [2.05, 4.69) is 17.2 Å². The number of aromatic nitrogens is 1. The van der Waals surface area contributed by atoms with Gasteiger partial charge in [0.25, 0.3) is 0 Å². The molecule has 0 atom stereocenters. The maximum absolute atomic E-state index is 12.7. The van der Waals surface area contributed by atoms with Crippen LogP contribution in [0.15, 0.2) is 41.8 Å². The fourth-order valence-electron chi connectivity index (χ4n) is 3.07. The van der Waals surface area contributed by atoms with Crippen LogP contribution in [-0.2, 0) is 24.1 Å². The number of benzene rings is 2. The molecule has 1 heterocycles. The van der Waals surface area contributed by atoms with E-state index in [1.54, 1.807) is 7.11 Å². The van der Waals surface area contributed by atoms with E-state index >= 15 is 0 Å². The predicted molar refractivity (Wildman–Crippen MR) is 117 cm³/mol. The molecular formula is C22H23ClN2O2S. The number of methoxy groups -OCH3 is 1. The summed E-state index contributed by atoms with van der Waals surface area (Å²) in [6, 6.07) is 11.6. The van der Waals surface area contributed by atoms with E-state index in [4.69, 9.17) is 16.3 Å². The number of amides is 1. The summed E-state index contributed by atoms with van der Waals surface area (Å²) in [4.78, 5) is 17.3. The first kappa shape index (κ1) is 20.4. The molecule has 0 aliphatic rings. The predicted octanol–water partition coefficient (Wildman–Crippen LogP) is 5.78. The average molecular weight is 415 g/mol. The average Bonchev–Trinajstić information content (AvgIpc) is 3.16. The summed E-state index contributed by atoms with van der Waals surface area (Å²) < 4.78 is 5.19. The topological polar surface area (TPSA) is 51.2 Å². The molecule has 2 aromatic carbocycles. The van der Waals surface area contributed by atoms with Gasteiger partial charge in [-0.2, -0.15) is 0 Å². The fourth-order valence-corrected chi connectivity index (χ4v) is 4.19. The molecular weight excluding hydrogens is 392 g/mol. The van der Waals surface area contributed by atoms with Gasteiger partial charge in [0.2, 0.25) is 5.91 Å². The molecule has 0 aliphatic carbocycles. The van der Waals surface area contributed by atoms with Crippen LogP contribution in [0.2, 0.25) is 5.02 Å². The Balaban J connectivity index is 1.74. The van der Waals surface area contributed by atoms with Gasteiger partial charge in [-0.3, -0.25) is 4.79 Å². The van der Waals surface area contributed by atoms with Gasteiger partial charge >= 0.3 is 0 Å². The molecule has 146 valence electrons. The van der Waals surface area contributed by atoms with Gasteiger partial charge in [0.15, 0.2) is 0 Å². The Morgan fingerprint density at radius 2 is 1.89 bits per heavy atom. The number of anilines is 1. The number of rotatable bonds is 7. The van der Waals surface area contributed by atoms with E-state index in [1.165, 1.54) is 11.3 Å². The Labute approximate surface area is 174 Å². The quantitative estimate of drug-likeness (QED) is 0.533. The van der Waals surface area contributed by atoms with E-state index in [-0.39, 0.29) is 12.3 Å². The Kier molecular flexibility index (Phi) is 6.70. The molecule has 3 aromatic rings. The highest BCUT2D eigenvalue weighted by Crippen LogP contribution is 2.30. The lowest BCUT2D eigenvalue weighted by Gasteiger charge is -2.15. The molecule has 0 saturated carbocycles. The minimum Gasteiger partial charge on any atom is -0.497 e. The summed E-state index contributed by atoms with van der Waals surface area (Å²) in [7, 11) is 1.64. The number of hydrogen-bond donors (Lipinski definition) is 1. The van der Waals surface area contributed by atoms with Crippen LogP contribution in [0, 0.1) is 0 Å². The third-order valence-electron chi connectivity index (χ3n) is 4.57. The summed E-state index contributed by atoms with van der Waals surface area (Å²) in [6.07, 6.45) is 1.82. The van der Waals surface area contributed by atoms with Gasteiger partial charge in [-0.25, -0.2) is 4.98 Å². The summed E-state index contributed by atoms with van der Waals surface area (Å²) >= 11 is 7.85. The minimum atomic E-state index is -0.0850. The maximum Gasteiger partial charge on any atom is 0.230 e. The molecule has 1 N–H and O–H groups in total. The normalized spacial score (nSPS) is 10.7. The van der Waals surface area contributed by atoms with E-state index in [0.717, 1.165) is 51.7 Å². The molecule has 0 saturated heterocycles. The van der Waals surface area contributed by atoms with Crippen LogP contribution in [0.25, 0.3) is 10.6 Å². The van der Waals surface area contributed by atoms with Gasteiger partial charge in [0.05, 0.1) is 19.2 Å². The van der Waals surface area contributed by atoms with Crippen molar-refractivity contribution in [2.45, 2.75) is 33.1 Å². The molecule has 3 rings (SSSR count). The number of ether oxygens (including phenoxy) is 1. The molecule has 0 bridgehead atoms. The number of hydrogen-bond acceptors (Lipinski definition) is 4. The summed E-state index contributed by atoms with van der Waals surface area (Å²) in [5, 5.41) is 6.56. The Hall–Kier alpha value is -2.37. The van der Waals surface area contributed by atoms with E-state index < -0.39 is 0 Å². The smallest absolute Gasteiger partial charge is 0.230 e. The van der Waals surface area contributed by atoms with Crippen molar-refractivity contribution < 1.29 is 9.53 Å². The lowest BCUT2D eigenvalue weighted by atomic mass is 10.0. The van der Waals surface area contributed by atoms with E-state index in [0.29, 0.717) is 5.02 Å². The summed E-state index contributed by atoms with van der Waals surface area (Å²) in [6.45, 7) is 4.11. The number of aryl methyl sites for hydroxylation is 1. The van der Waals surface area contributed by atoms with Crippen molar-refractivity contribution in [3.63, 3.8) is 0 Å². The molecule has 28 heavy (non-hydrogen) atoms. The van der Waals surface area contributed by atoms with Gasteiger partial charge < -0.3 is 10.1 Å². The number of carbonyl (C=O) groups excluding carboxylic acids is 1. The van der Waals surface area contributed by atoms with Crippen molar-refractivity contribution in [1.82, 2.24) is 4.98 Å². The van der Waals surface area contributed by atoms with Crippen LogP contribution in [0.1, 0.15) is 30.7 Å². The number of nitrogens with zero attached hydrogens (tertiary/aromatic N) is 1. The fraction of sp³-hybridized carbons (Fsp3) is 0.273. The number of carbonyl (C=O) groups is 1. The largest absolute Gasteiger partial charge is 0.497 e. The molecule has 0 aliphatic heterocycles. The third kappa shape index (κ3) is 4.54. The molecule has 1 aromatic heterocycles. The monoisotopic (exact) mass is 414 g/mol. The van der Waals surface area contributed by atoms with E-state index in [9.17, 15) is 4.79 Å². The van der Waals surface area contributed by atoms with Gasteiger partial charge in [0.1, 0.15) is 10.8 Å². The Bertz CT molecular complexity index is 967. The van der Waals surface area contributed by atoms with Gasteiger partial charge in [-0.1, -0.05) is 31.5 Å². The standard InChI is InChI=1S/C22H23ClN2O2S/c1-4-14-8-11-19(23)18(5-2)21(14)25-20(26)12-16-13-28-22(24-16)15-6-9-17(27-3)10-7-15/h6-11,13H,4-5,12H2,1-3H3,(H,25,26). The van der Waals surface area contributed by atoms with Gasteiger partial charge in [-0.15, -0.1) is 11.3 Å². The van der Waals surface area contributed by atoms with Crippen molar-refractivity contribution in [3.8, 4) is 16.3 Å². The maximum atomic E-state index is 12.7. The first-order chi connectivity index (χ1) is 13.5. The first-order valence-corrected chi connectivity index (χ1v) is 10.5. The van der Waals surface area contributed by atoms with Crippen LogP contribution in [-0.4, -0.2) is 18.0 Å². The minimum absolute atomic E-state index is 0.0850. The van der Waals surface area contributed by atoms with Crippen LogP contribution in [0.4, 0.5) is 5.69 Å². The second-order valence-electron chi connectivity index (χ2n) is 6.36. The van der Waals surface area contributed by atoms with Crippen LogP contribution < -0.4 is 10.1 Å². The van der Waals surface area contributed by atoms with Crippen LogP contribution >= 0.6 is 22.9 Å². The molecule has 0 unspecified atom stereocenters. The highest BCUT2D eigenvalue weighted by Gasteiger charge is 2.15. The molecule has 6 heteroatoms. The SMILES string of the molecule is CCc1ccc(Cl)c(CC)c1NC(=O)Cc1csc(-c2ccc(OC)cc2)n1. The summed E-state index contributed by atoms with van der Waals surface area (Å²) in [5.41, 5.74) is 4.67. The first-order valence-electron chi connectivity index (χ1n) is 9.24. The third-order valence-corrected chi connectivity index (χ3v) is 5.87. The van der Waals surface area contributed by atoms with Crippen molar-refractivity contribution >= 4 is 34.5 Å². The summed E-state index contributed by atoms with van der Waals surface area (Å²) in [5.74, 6) is 0.720. The van der Waals surface area contributed by atoms with Crippen molar-refractivity contribution in [2.24, 2.45) is 0 Å². The zero-order chi connectivity index (χ0) is 20.1. The molecule has 4 nitrogen and oxygen atoms in total. The number of thiazole rings is 1. The van der Waals surface area contributed by atoms with Crippen molar-refractivity contribution in [1.29, 1.82) is 0 Å². The number of halogens is 1. The van der Waals surface area contributed by atoms with Crippen molar-refractivity contribution in [2.75, 3.05) is 12.4 Å². The molecule has 0 fully saturated rings. The van der Waals surface area contributed by atoms with Gasteiger partial charge in [0, 0.05) is 21.7 Å². The molecule has 0 radical (unpaired) electrons. The highest BCUT2D eigenvalue weighted by atomic mass is 35.5. The zero-order valence-electron chi connectivity index (χ0n) is 16.2. The van der Waals surface area contributed by atoms with Crippen molar-refractivity contribution in [3.05, 3.63) is 63.6 Å². The second-order valence-corrected chi connectivity index (χ2v) is 7.63. The zero-order valence-corrected chi connectivity index (χ0v) is 17.8. The molecule has 0 spiro atoms. The lowest BCUT2D eigenvalue weighted by molar-refractivity contribution is -0.115. The molecule has 1 amide bonds. The Morgan fingerprint density at radius 1 is 1.14 bits per heavy atom. The van der Waals surface area contributed by atoms with Crippen LogP contribution in [0.5, 0.6) is 5.75 Å². The number of nitrogens with one attached hydrogen (secondary N) is 1. The van der Waals surface area contributed by atoms with Gasteiger partial charge in [-0.05, 0) is 54.3 Å².